The van der Waals surface area contributed by atoms with Crippen molar-refractivity contribution >= 4 is 34.1 Å². The summed E-state index contributed by atoms with van der Waals surface area (Å²) in [4.78, 5) is 40.0. The zero-order chi connectivity index (χ0) is 40.4. The molecule has 296 valence electrons. The number of rotatable bonds is 5. The van der Waals surface area contributed by atoms with Gasteiger partial charge in [-0.3, -0.25) is 14.4 Å². The van der Waals surface area contributed by atoms with Crippen LogP contribution in [-0.4, -0.2) is 87.0 Å². The number of phenols is 3. The highest BCUT2D eigenvalue weighted by molar-refractivity contribution is 6.22. The molecule has 7 N–H and O–H groups in total. The first-order valence-electron chi connectivity index (χ1n) is 18.1. The lowest BCUT2D eigenvalue weighted by molar-refractivity contribution is -0.160. The third kappa shape index (κ3) is 7.92. The van der Waals surface area contributed by atoms with Crippen molar-refractivity contribution in [2.75, 3.05) is 19.0 Å². The maximum Gasteiger partial charge on any atom is 0.312 e. The molecule has 0 aromatic heterocycles. The van der Waals surface area contributed by atoms with Crippen molar-refractivity contribution in [1.82, 2.24) is 5.32 Å². The van der Waals surface area contributed by atoms with Crippen molar-refractivity contribution < 1.29 is 58.9 Å². The van der Waals surface area contributed by atoms with Gasteiger partial charge in [-0.1, -0.05) is 52.8 Å². The van der Waals surface area contributed by atoms with E-state index < -0.39 is 88.8 Å². The van der Waals surface area contributed by atoms with Crippen LogP contribution in [0.1, 0.15) is 76.9 Å². The van der Waals surface area contributed by atoms with E-state index in [0.29, 0.717) is 6.54 Å². The van der Waals surface area contributed by atoms with Crippen LogP contribution in [0.25, 0.3) is 10.8 Å². The molecule has 0 saturated carbocycles. The van der Waals surface area contributed by atoms with Gasteiger partial charge in [-0.05, 0) is 26.5 Å². The predicted molar refractivity (Wildman–Crippen MR) is 201 cm³/mol. The van der Waals surface area contributed by atoms with Gasteiger partial charge < -0.3 is 55.1 Å². The van der Waals surface area contributed by atoms with Crippen LogP contribution in [-0.2, 0) is 30.3 Å². The third-order valence-corrected chi connectivity index (χ3v) is 10.6. The van der Waals surface area contributed by atoms with E-state index in [1.807, 2.05) is 6.92 Å². The molecule has 2 aromatic rings. The number of anilines is 1. The fourth-order valence-corrected chi connectivity index (χ4v) is 7.21. The molecule has 14 heteroatoms. The highest BCUT2D eigenvalue weighted by atomic mass is 16.7. The number of esters is 1. The topological polar surface area (TPSA) is 213 Å². The number of aliphatic hydroxyl groups is 2. The second-order valence-corrected chi connectivity index (χ2v) is 14.5. The molecular weight excluding hydrogens is 700 g/mol. The van der Waals surface area contributed by atoms with Crippen LogP contribution in [0.2, 0.25) is 0 Å². The molecule has 0 saturated heterocycles. The van der Waals surface area contributed by atoms with Crippen LogP contribution >= 0.6 is 0 Å². The van der Waals surface area contributed by atoms with E-state index in [9.17, 15) is 39.9 Å². The average Bonchev–Trinajstić information content (AvgIpc) is 3.39. The Balaban J connectivity index is 1.95. The number of ether oxygens (including phenoxy) is 4. The summed E-state index contributed by atoms with van der Waals surface area (Å²) in [5.74, 6) is -7.99. The van der Waals surface area contributed by atoms with Gasteiger partial charge in [0, 0.05) is 73.3 Å². The molecule has 9 atom stereocenters. The SMILES string of the molecule is CCNCc1c2c(O)c3c(O)c(C)c4c(c3c1O)C(=O)C(C)(OC=CC(OC)C(C)C(OC(C)=O)C(C)C(O)C(C)C(O)C(C)C=CC=C(C)C(=O)N2)O4. The number of methoxy groups -OCH3 is 1. The Kier molecular flexibility index (Phi) is 13.1. The number of carbonyl (C=O) groups excluding carboxylic acids is 3. The number of hydrogen-bond acceptors (Lipinski definition) is 13. The first-order chi connectivity index (χ1) is 25.3. The molecule has 54 heavy (non-hydrogen) atoms. The molecule has 9 unspecified atom stereocenters. The van der Waals surface area contributed by atoms with Crippen LogP contribution in [0.4, 0.5) is 5.69 Å². The minimum Gasteiger partial charge on any atom is -0.507 e. The summed E-state index contributed by atoms with van der Waals surface area (Å²) in [7, 11) is 1.44. The lowest BCUT2D eigenvalue weighted by atomic mass is 9.78. The molecule has 0 spiro atoms. The lowest BCUT2D eigenvalue weighted by Crippen LogP contribution is -2.46. The molecule has 5 bridgehead atoms. The normalized spacial score (nSPS) is 29.5. The smallest absolute Gasteiger partial charge is 0.312 e. The average molecular weight is 755 g/mol. The monoisotopic (exact) mass is 754 g/mol. The number of amides is 1. The van der Waals surface area contributed by atoms with E-state index in [-0.39, 0.29) is 51.0 Å². The number of fused-ring (bicyclic) bond motifs is 14. The second-order valence-electron chi connectivity index (χ2n) is 14.5. The van der Waals surface area contributed by atoms with E-state index in [0.717, 1.165) is 0 Å². The summed E-state index contributed by atoms with van der Waals surface area (Å²) in [6, 6.07) is 0. The molecular formula is C40H54N2O12. The van der Waals surface area contributed by atoms with E-state index in [1.165, 1.54) is 53.2 Å². The Morgan fingerprint density at radius 1 is 0.963 bits per heavy atom. The number of aliphatic hydroxyl groups excluding tert-OH is 2. The Hall–Kier alpha value is -4.63. The van der Waals surface area contributed by atoms with Gasteiger partial charge in [0.2, 0.25) is 0 Å². The Morgan fingerprint density at radius 2 is 1.63 bits per heavy atom. The number of hydrogen-bond donors (Lipinski definition) is 7. The Bertz CT molecular complexity index is 1870. The molecule has 1 amide bonds. The highest BCUT2D eigenvalue weighted by Crippen LogP contribution is 2.55. The van der Waals surface area contributed by atoms with E-state index in [4.69, 9.17) is 18.9 Å². The third-order valence-electron chi connectivity index (χ3n) is 10.6. The Morgan fingerprint density at radius 3 is 2.24 bits per heavy atom. The van der Waals surface area contributed by atoms with Gasteiger partial charge in [-0.2, -0.15) is 0 Å². The van der Waals surface area contributed by atoms with Gasteiger partial charge in [0.1, 0.15) is 23.4 Å². The van der Waals surface area contributed by atoms with Crippen LogP contribution in [0.3, 0.4) is 0 Å². The summed E-state index contributed by atoms with van der Waals surface area (Å²) in [5.41, 5.74) is 0.00876. The van der Waals surface area contributed by atoms with Crippen LogP contribution in [0, 0.1) is 30.6 Å². The molecule has 0 fully saturated rings. The second kappa shape index (κ2) is 16.8. The fraction of sp³-hybridized carbons (Fsp3) is 0.525. The number of ketones is 1. The largest absolute Gasteiger partial charge is 0.507 e. The minimum atomic E-state index is -2.01. The van der Waals surface area contributed by atoms with Gasteiger partial charge in [0.15, 0.2) is 5.75 Å². The van der Waals surface area contributed by atoms with Gasteiger partial charge in [-0.15, -0.1) is 0 Å². The van der Waals surface area contributed by atoms with Crippen molar-refractivity contribution in [2.24, 2.45) is 23.7 Å². The quantitative estimate of drug-likeness (QED) is 0.124. The van der Waals surface area contributed by atoms with Crippen molar-refractivity contribution in [3.8, 4) is 23.0 Å². The number of nitrogens with one attached hydrogen (secondary N) is 2. The van der Waals surface area contributed by atoms with Crippen molar-refractivity contribution in [2.45, 2.75) is 99.1 Å². The zero-order valence-electron chi connectivity index (χ0n) is 32.5. The zero-order valence-corrected chi connectivity index (χ0v) is 32.5. The fourth-order valence-electron chi connectivity index (χ4n) is 7.21. The number of aromatic hydroxyl groups is 3. The molecule has 3 aliphatic heterocycles. The predicted octanol–water partition coefficient (Wildman–Crippen LogP) is 4.86. The van der Waals surface area contributed by atoms with Gasteiger partial charge >= 0.3 is 11.8 Å². The lowest BCUT2D eigenvalue weighted by Gasteiger charge is -2.38. The van der Waals surface area contributed by atoms with Crippen LogP contribution in [0.15, 0.2) is 36.1 Å². The summed E-state index contributed by atoms with van der Waals surface area (Å²) in [5, 5.41) is 62.9. The Labute approximate surface area is 315 Å². The molecule has 0 aliphatic carbocycles. The summed E-state index contributed by atoms with van der Waals surface area (Å²) < 4.78 is 23.4. The minimum absolute atomic E-state index is 0.0396. The van der Waals surface area contributed by atoms with Gasteiger partial charge in [-0.25, -0.2) is 0 Å². The van der Waals surface area contributed by atoms with Crippen molar-refractivity contribution in [1.29, 1.82) is 0 Å². The van der Waals surface area contributed by atoms with E-state index >= 15 is 0 Å². The van der Waals surface area contributed by atoms with E-state index in [2.05, 4.69) is 10.6 Å². The molecule has 3 aliphatic rings. The molecule has 14 nitrogen and oxygen atoms in total. The van der Waals surface area contributed by atoms with Crippen LogP contribution < -0.4 is 15.4 Å². The number of carbonyl (C=O) groups is 3. The van der Waals surface area contributed by atoms with Crippen molar-refractivity contribution in [3.63, 3.8) is 0 Å². The van der Waals surface area contributed by atoms with Crippen LogP contribution in [0.5, 0.6) is 23.0 Å². The maximum absolute atomic E-state index is 14.2. The standard InChI is InChI=1S/C40H54N2O12/c1-11-41-17-25-30-35(48)28-27(34(25)47)29-37(23(7)33(28)46)54-40(9,38(29)49)52-16-15-26(51-10)20(4)36(53-24(8)43)22(6)32(45)21(5)31(44)18(2)13-12-14-19(3)39(50)42-30/h12-16,18,20-22,26,31-32,36,41,44-48H,11,17H2,1-10H3,(H,42,50). The number of Topliss-reactive ketones (excluding diaryl/α,β-unsaturated/α-hetero) is 1. The van der Waals surface area contributed by atoms with Crippen molar-refractivity contribution in [3.05, 3.63) is 52.8 Å². The first kappa shape index (κ1) is 42.1. The molecule has 2 aromatic carbocycles. The van der Waals surface area contributed by atoms with Gasteiger partial charge in [0.25, 0.3) is 11.7 Å². The molecule has 3 heterocycles. The highest BCUT2D eigenvalue weighted by Gasteiger charge is 2.50. The molecule has 5 rings (SSSR count). The number of allylic oxidation sites excluding steroid dienone is 2. The summed E-state index contributed by atoms with van der Waals surface area (Å²) in [6.45, 7) is 14.8. The van der Waals surface area contributed by atoms with Gasteiger partial charge in [0.05, 0.1) is 41.2 Å². The number of benzene rings is 2. The molecule has 0 radical (unpaired) electrons. The summed E-state index contributed by atoms with van der Waals surface area (Å²) >= 11 is 0. The maximum atomic E-state index is 14.2. The van der Waals surface area contributed by atoms with E-state index in [1.54, 1.807) is 39.8 Å². The number of phenolic OH excluding ortho intramolecular Hbond substituents is 3. The summed E-state index contributed by atoms with van der Waals surface area (Å²) in [6.07, 6.45) is 3.64. The first-order valence-corrected chi connectivity index (χ1v) is 18.1.